The van der Waals surface area contributed by atoms with Gasteiger partial charge in [0.2, 0.25) is 0 Å². The summed E-state index contributed by atoms with van der Waals surface area (Å²) in [5, 5.41) is 1.11. The Bertz CT molecular complexity index is 1470. The summed E-state index contributed by atoms with van der Waals surface area (Å²) in [5.74, 6) is -3.85. The van der Waals surface area contributed by atoms with Crippen LogP contribution in [0.5, 0.6) is 0 Å². The van der Waals surface area contributed by atoms with Crippen LogP contribution in [0, 0.1) is 11.6 Å². The van der Waals surface area contributed by atoms with Crippen molar-refractivity contribution in [2.45, 2.75) is 103 Å². The van der Waals surface area contributed by atoms with Crippen LogP contribution >= 0.6 is 0 Å². The molecule has 0 saturated carbocycles. The molecule has 4 rings (SSSR count). The number of ether oxygens (including phenoxy) is 2. The molecule has 2 aromatic carbocycles. The van der Waals surface area contributed by atoms with Crippen LogP contribution in [0.3, 0.4) is 0 Å². The minimum atomic E-state index is -1.36. The first kappa shape index (κ1) is 33.1. The van der Waals surface area contributed by atoms with Gasteiger partial charge in [-0.2, -0.15) is 0 Å². The smallest absolute Gasteiger partial charge is 0.418 e. The van der Waals surface area contributed by atoms with Gasteiger partial charge in [0.05, 0.1) is 12.5 Å². The van der Waals surface area contributed by atoms with Crippen LogP contribution in [-0.2, 0) is 31.9 Å². The fraction of sp³-hybridized carbons (Fsp3) is 0.471. The maximum absolute atomic E-state index is 14.8. The topological polar surface area (TPSA) is 131 Å². The van der Waals surface area contributed by atoms with Crippen molar-refractivity contribution in [1.29, 1.82) is 0 Å². The van der Waals surface area contributed by atoms with Crippen molar-refractivity contribution < 1.29 is 36.7 Å². The van der Waals surface area contributed by atoms with E-state index in [0.29, 0.717) is 34.8 Å². The highest BCUT2D eigenvalue weighted by atomic mass is 19.1. The number of nitrogens with two attached hydrogens (primary N) is 2. The van der Waals surface area contributed by atoms with Gasteiger partial charge in [-0.1, -0.05) is 39.5 Å². The van der Waals surface area contributed by atoms with Gasteiger partial charge >= 0.3 is 11.9 Å². The Labute approximate surface area is 256 Å². The van der Waals surface area contributed by atoms with E-state index in [-0.39, 0.29) is 11.1 Å². The number of hydrogen-bond donors (Lipinski definition) is 2. The van der Waals surface area contributed by atoms with Crippen LogP contribution in [-0.4, -0.2) is 24.0 Å². The van der Waals surface area contributed by atoms with E-state index < -0.39 is 47.9 Å². The summed E-state index contributed by atoms with van der Waals surface area (Å²) >= 11 is 0. The third-order valence-corrected chi connectivity index (χ3v) is 7.80. The van der Waals surface area contributed by atoms with Gasteiger partial charge in [0.25, 0.3) is 0 Å². The molecule has 0 fully saturated rings. The van der Waals surface area contributed by atoms with Crippen LogP contribution in [0.1, 0.15) is 101 Å². The molecule has 0 aliphatic carbocycles. The fourth-order valence-electron chi connectivity index (χ4n) is 5.53. The lowest BCUT2D eigenvalue weighted by Crippen LogP contribution is -2.35. The number of fused-ring (bicyclic) bond motifs is 2. The van der Waals surface area contributed by atoms with Crippen LogP contribution in [0.4, 0.5) is 8.78 Å². The molecule has 4 N–H and O–H groups in total. The Morgan fingerprint density at radius 3 is 1.43 bits per heavy atom. The number of benzene rings is 2. The SMILES string of the molecule is CCCCCc1coc2c(C(OC(=O)C(=O)OC(c3cc(F)cc4c(CCCCC)coc34)C(C)N)C(C)N)cc(F)cc12. The van der Waals surface area contributed by atoms with E-state index in [4.69, 9.17) is 29.8 Å². The van der Waals surface area contributed by atoms with Crippen molar-refractivity contribution >= 4 is 33.9 Å². The van der Waals surface area contributed by atoms with Crippen LogP contribution in [0.25, 0.3) is 21.9 Å². The van der Waals surface area contributed by atoms with Gasteiger partial charge in [-0.15, -0.1) is 0 Å². The Morgan fingerprint density at radius 2 is 1.09 bits per heavy atom. The number of hydrogen-bond acceptors (Lipinski definition) is 8. The van der Waals surface area contributed by atoms with E-state index in [1.54, 1.807) is 26.4 Å². The first-order chi connectivity index (χ1) is 21.0. The summed E-state index contributed by atoms with van der Waals surface area (Å²) < 4.78 is 52.2. The number of aryl methyl sites for hydroxylation is 2. The van der Waals surface area contributed by atoms with E-state index in [0.717, 1.165) is 49.7 Å². The third-order valence-electron chi connectivity index (χ3n) is 7.80. The van der Waals surface area contributed by atoms with Gasteiger partial charge in [-0.25, -0.2) is 18.4 Å². The normalized spacial score (nSPS) is 14.5. The number of unbranched alkanes of at least 4 members (excludes halogenated alkanes) is 4. The molecule has 4 aromatic rings. The molecule has 0 aliphatic heterocycles. The largest absolute Gasteiger partial charge is 0.464 e. The molecule has 2 heterocycles. The predicted octanol–water partition coefficient (Wildman–Crippen LogP) is 7.49. The lowest BCUT2D eigenvalue weighted by Gasteiger charge is -2.24. The second-order valence-corrected chi connectivity index (χ2v) is 11.5. The molecular weight excluding hydrogens is 570 g/mol. The van der Waals surface area contributed by atoms with Crippen molar-refractivity contribution in [3.8, 4) is 0 Å². The number of carbonyl (C=O) groups excluding carboxylic acids is 2. The number of halogens is 2. The fourth-order valence-corrected chi connectivity index (χ4v) is 5.53. The van der Waals surface area contributed by atoms with Crippen molar-refractivity contribution in [1.82, 2.24) is 0 Å². The molecule has 2 aromatic heterocycles. The van der Waals surface area contributed by atoms with Gasteiger partial charge in [0.15, 0.2) is 0 Å². The molecule has 4 unspecified atom stereocenters. The van der Waals surface area contributed by atoms with E-state index in [1.807, 2.05) is 0 Å². The highest BCUT2D eigenvalue weighted by molar-refractivity contribution is 6.29. The Morgan fingerprint density at radius 1 is 0.705 bits per heavy atom. The zero-order valence-electron chi connectivity index (χ0n) is 25.8. The van der Waals surface area contributed by atoms with E-state index in [1.165, 1.54) is 24.3 Å². The summed E-state index contributed by atoms with van der Waals surface area (Å²) in [6, 6.07) is 3.41. The zero-order valence-corrected chi connectivity index (χ0v) is 25.8. The lowest BCUT2D eigenvalue weighted by molar-refractivity contribution is -0.175. The van der Waals surface area contributed by atoms with Gasteiger partial charge < -0.3 is 29.8 Å². The molecule has 0 amide bonds. The highest BCUT2D eigenvalue weighted by Crippen LogP contribution is 2.35. The van der Waals surface area contributed by atoms with E-state index in [9.17, 15) is 18.4 Å². The third kappa shape index (κ3) is 7.47. The molecule has 4 atom stereocenters. The van der Waals surface area contributed by atoms with Crippen molar-refractivity contribution in [2.75, 3.05) is 0 Å². The monoisotopic (exact) mass is 612 g/mol. The molecule has 0 saturated heterocycles. The quantitative estimate of drug-likeness (QED) is 0.0851. The average molecular weight is 613 g/mol. The molecule has 0 spiro atoms. The van der Waals surface area contributed by atoms with E-state index in [2.05, 4.69) is 13.8 Å². The molecule has 238 valence electrons. The zero-order chi connectivity index (χ0) is 32.0. The Balaban J connectivity index is 1.58. The summed E-state index contributed by atoms with van der Waals surface area (Å²) in [6.45, 7) is 7.31. The summed E-state index contributed by atoms with van der Waals surface area (Å²) in [7, 11) is 0. The minimum Gasteiger partial charge on any atom is -0.464 e. The minimum absolute atomic E-state index is 0.194. The number of carbonyl (C=O) groups is 2. The predicted molar refractivity (Wildman–Crippen MR) is 164 cm³/mol. The summed E-state index contributed by atoms with van der Waals surface area (Å²) in [4.78, 5) is 26.2. The van der Waals surface area contributed by atoms with Gasteiger partial charge in [0.1, 0.15) is 35.0 Å². The summed E-state index contributed by atoms with van der Waals surface area (Å²) in [6.07, 6.45) is 7.97. The van der Waals surface area contributed by atoms with Gasteiger partial charge in [-0.05, 0) is 74.9 Å². The molecule has 0 radical (unpaired) electrons. The van der Waals surface area contributed by atoms with Crippen molar-refractivity contribution in [2.24, 2.45) is 11.5 Å². The molecule has 8 nitrogen and oxygen atoms in total. The van der Waals surface area contributed by atoms with E-state index >= 15 is 0 Å². The summed E-state index contributed by atoms with van der Waals surface area (Å²) in [5.41, 5.74) is 15.0. The van der Waals surface area contributed by atoms with Gasteiger partial charge in [0, 0.05) is 34.0 Å². The maximum Gasteiger partial charge on any atom is 0.418 e. The molecule has 0 bridgehead atoms. The van der Waals surface area contributed by atoms with Crippen LogP contribution in [0.15, 0.2) is 45.6 Å². The van der Waals surface area contributed by atoms with Crippen LogP contribution < -0.4 is 11.5 Å². The van der Waals surface area contributed by atoms with Crippen molar-refractivity contribution in [3.63, 3.8) is 0 Å². The van der Waals surface area contributed by atoms with Crippen LogP contribution in [0.2, 0.25) is 0 Å². The molecule has 10 heteroatoms. The van der Waals surface area contributed by atoms with Crippen molar-refractivity contribution in [3.05, 3.63) is 70.7 Å². The standard InChI is InChI=1S/C34H42F2N2O6/c1-5-7-9-11-21-17-41-31-25(21)13-23(35)15-27(31)29(19(3)37)43-33(39)34(40)44-30(20(4)38)28-16-24(36)14-26-22(12-10-8-6-2)18-42-32(26)28/h13-20,29-30H,5-12,37-38H2,1-4H3. The Kier molecular flexibility index (Phi) is 11.2. The average Bonchev–Trinajstić information content (AvgIpc) is 3.57. The number of esters is 2. The second-order valence-electron chi connectivity index (χ2n) is 11.5. The Hall–Kier alpha value is -3.76. The lowest BCUT2D eigenvalue weighted by atomic mass is 9.98. The molecule has 0 aliphatic rings. The molecule has 44 heavy (non-hydrogen) atoms. The second kappa shape index (κ2) is 14.8. The van der Waals surface area contributed by atoms with Gasteiger partial charge in [-0.3, -0.25) is 0 Å². The first-order valence-corrected chi connectivity index (χ1v) is 15.4. The highest BCUT2D eigenvalue weighted by Gasteiger charge is 2.33. The number of rotatable bonds is 14. The number of furan rings is 2. The molecular formula is C34H42F2N2O6. The first-order valence-electron chi connectivity index (χ1n) is 15.4. The maximum atomic E-state index is 14.8.